The van der Waals surface area contributed by atoms with Crippen LogP contribution in [0.2, 0.25) is 0 Å². The lowest BCUT2D eigenvalue weighted by Crippen LogP contribution is -2.05. The third-order valence-corrected chi connectivity index (χ3v) is 0.865. The summed E-state index contributed by atoms with van der Waals surface area (Å²) < 4.78 is 0. The average Bonchev–Trinajstić information content (AvgIpc) is 2.14. The Labute approximate surface area is 48.9 Å². The van der Waals surface area contributed by atoms with Crippen molar-refractivity contribution in [3.8, 4) is 0 Å². The van der Waals surface area contributed by atoms with Crippen molar-refractivity contribution in [2.75, 3.05) is 0 Å². The molecule has 0 bridgehead atoms. The lowest BCUT2D eigenvalue weighted by Gasteiger charge is -1.76. The van der Waals surface area contributed by atoms with E-state index in [1.54, 1.807) is 0 Å². The molecular formula is C4H6BN3. The zero-order valence-electron chi connectivity index (χ0n) is 4.68. The number of nitrogens with zero attached hydrogens (tertiary/aromatic N) is 2. The van der Waals surface area contributed by atoms with Crippen LogP contribution >= 0.6 is 0 Å². The maximum Gasteiger partial charge on any atom is 0.169 e. The lowest BCUT2D eigenvalue weighted by atomic mass is 10.1. The van der Waals surface area contributed by atoms with Crippen molar-refractivity contribution in [1.82, 2.24) is 15.2 Å². The van der Waals surface area contributed by atoms with E-state index in [0.717, 1.165) is 12.2 Å². The van der Waals surface area contributed by atoms with Crippen molar-refractivity contribution in [2.24, 2.45) is 0 Å². The smallest absolute Gasteiger partial charge is 0.169 e. The molecule has 1 N–H and O–H groups in total. The van der Waals surface area contributed by atoms with E-state index in [1.807, 2.05) is 6.92 Å². The summed E-state index contributed by atoms with van der Waals surface area (Å²) in [6.45, 7) is 1.97. The van der Waals surface area contributed by atoms with E-state index in [0.29, 0.717) is 5.72 Å². The molecule has 0 aliphatic heterocycles. The Balaban J connectivity index is 2.84. The van der Waals surface area contributed by atoms with Crippen LogP contribution in [0.1, 0.15) is 12.7 Å². The van der Waals surface area contributed by atoms with E-state index in [9.17, 15) is 0 Å². The van der Waals surface area contributed by atoms with Gasteiger partial charge in [0.1, 0.15) is 5.82 Å². The van der Waals surface area contributed by atoms with Gasteiger partial charge in [-0.15, -0.1) is 0 Å². The molecule has 8 heavy (non-hydrogen) atoms. The van der Waals surface area contributed by atoms with Gasteiger partial charge in [0.15, 0.2) is 7.85 Å². The van der Waals surface area contributed by atoms with Crippen LogP contribution in [0.4, 0.5) is 0 Å². The van der Waals surface area contributed by atoms with Crippen molar-refractivity contribution >= 4 is 13.6 Å². The molecule has 0 aromatic carbocycles. The van der Waals surface area contributed by atoms with Crippen LogP contribution in [0.25, 0.3) is 0 Å². The first-order chi connectivity index (χ1) is 3.83. The summed E-state index contributed by atoms with van der Waals surface area (Å²) in [5.41, 5.74) is 0.391. The zero-order valence-corrected chi connectivity index (χ0v) is 4.68. The fraction of sp³-hybridized carbons (Fsp3) is 0.500. The van der Waals surface area contributed by atoms with E-state index in [4.69, 9.17) is 7.85 Å². The van der Waals surface area contributed by atoms with E-state index in [-0.39, 0.29) is 0 Å². The van der Waals surface area contributed by atoms with E-state index < -0.39 is 0 Å². The molecule has 1 rings (SSSR count). The Morgan fingerprint density at radius 1 is 1.75 bits per heavy atom. The zero-order chi connectivity index (χ0) is 5.98. The molecule has 0 aliphatic rings. The highest BCUT2D eigenvalue weighted by molar-refractivity contribution is 6.28. The van der Waals surface area contributed by atoms with Crippen LogP contribution in [0.3, 0.4) is 0 Å². The van der Waals surface area contributed by atoms with Gasteiger partial charge in [-0.3, -0.25) is 5.10 Å². The predicted molar refractivity (Wildman–Crippen MR) is 31.1 cm³/mol. The minimum atomic E-state index is 0.391. The van der Waals surface area contributed by atoms with Crippen molar-refractivity contribution in [3.05, 3.63) is 5.82 Å². The molecular weight excluding hydrogens is 101 g/mol. The molecule has 1 aromatic rings. The highest BCUT2D eigenvalue weighted by Crippen LogP contribution is 1.80. The first-order valence-corrected chi connectivity index (χ1v) is 2.49. The number of hydrogen-bond acceptors (Lipinski definition) is 2. The second-order valence-corrected chi connectivity index (χ2v) is 1.49. The number of aromatic nitrogens is 3. The third kappa shape index (κ3) is 0.884. The molecule has 0 unspecified atom stereocenters. The van der Waals surface area contributed by atoms with Gasteiger partial charge in [0.05, 0.1) is 5.72 Å². The molecule has 0 atom stereocenters. The summed E-state index contributed by atoms with van der Waals surface area (Å²) in [6.07, 6.45) is 0.827. The van der Waals surface area contributed by atoms with Gasteiger partial charge in [0.2, 0.25) is 0 Å². The van der Waals surface area contributed by atoms with Crippen LogP contribution in [0.15, 0.2) is 0 Å². The fourth-order valence-corrected chi connectivity index (χ4v) is 0.469. The standard InChI is InChI=1S/C4H6BN3/c1-2-3-6-4(5)8-7-3/h2H2,1H3,(H,6,7,8). The highest BCUT2D eigenvalue weighted by atomic mass is 15.2. The van der Waals surface area contributed by atoms with Crippen molar-refractivity contribution in [3.63, 3.8) is 0 Å². The van der Waals surface area contributed by atoms with Gasteiger partial charge in [-0.05, 0) is 0 Å². The topological polar surface area (TPSA) is 41.6 Å². The molecule has 1 aromatic heterocycles. The first kappa shape index (κ1) is 5.34. The van der Waals surface area contributed by atoms with Crippen molar-refractivity contribution < 1.29 is 0 Å². The predicted octanol–water partition coefficient (Wildman–Crippen LogP) is -0.839. The molecule has 0 saturated carbocycles. The van der Waals surface area contributed by atoms with Crippen molar-refractivity contribution in [2.45, 2.75) is 13.3 Å². The minimum Gasteiger partial charge on any atom is -0.274 e. The fourth-order valence-electron chi connectivity index (χ4n) is 0.469. The van der Waals surface area contributed by atoms with Crippen LogP contribution in [0.5, 0.6) is 0 Å². The Morgan fingerprint density at radius 3 is 2.75 bits per heavy atom. The monoisotopic (exact) mass is 107 g/mol. The molecule has 0 amide bonds. The number of rotatable bonds is 1. The summed E-state index contributed by atoms with van der Waals surface area (Å²) >= 11 is 0. The van der Waals surface area contributed by atoms with Crippen LogP contribution in [-0.4, -0.2) is 23.0 Å². The number of hydrogen-bond donors (Lipinski definition) is 1. The van der Waals surface area contributed by atoms with E-state index in [2.05, 4.69) is 15.2 Å². The summed E-state index contributed by atoms with van der Waals surface area (Å²) in [6, 6.07) is 0. The largest absolute Gasteiger partial charge is 0.274 e. The second-order valence-electron chi connectivity index (χ2n) is 1.49. The van der Waals surface area contributed by atoms with Gasteiger partial charge in [-0.25, -0.2) is 4.98 Å². The molecule has 2 radical (unpaired) electrons. The van der Waals surface area contributed by atoms with E-state index in [1.165, 1.54) is 0 Å². The van der Waals surface area contributed by atoms with Gasteiger partial charge in [-0.2, -0.15) is 5.10 Å². The van der Waals surface area contributed by atoms with Crippen LogP contribution in [-0.2, 0) is 6.42 Å². The van der Waals surface area contributed by atoms with Gasteiger partial charge in [0, 0.05) is 6.42 Å². The van der Waals surface area contributed by atoms with Gasteiger partial charge in [0.25, 0.3) is 0 Å². The maximum absolute atomic E-state index is 5.22. The molecule has 0 saturated heterocycles. The average molecular weight is 107 g/mol. The number of aryl methyl sites for hydroxylation is 1. The SMILES string of the molecule is [B]c1nc(CC)n[nH]1. The van der Waals surface area contributed by atoms with Crippen LogP contribution in [0, 0.1) is 0 Å². The molecule has 0 aliphatic carbocycles. The maximum atomic E-state index is 5.22. The molecule has 4 heteroatoms. The molecule has 0 fully saturated rings. The quantitative estimate of drug-likeness (QED) is 0.475. The third-order valence-electron chi connectivity index (χ3n) is 0.865. The number of H-pyrrole nitrogens is 1. The van der Waals surface area contributed by atoms with E-state index >= 15 is 0 Å². The number of nitrogens with one attached hydrogen (secondary N) is 1. The Morgan fingerprint density at radius 2 is 2.50 bits per heavy atom. The summed E-state index contributed by atoms with van der Waals surface area (Å²) in [4.78, 5) is 3.84. The summed E-state index contributed by atoms with van der Waals surface area (Å²) in [5, 5.41) is 6.31. The van der Waals surface area contributed by atoms with Crippen molar-refractivity contribution in [1.29, 1.82) is 0 Å². The summed E-state index contributed by atoms with van der Waals surface area (Å²) in [5.74, 6) is 0.766. The molecule has 0 spiro atoms. The highest BCUT2D eigenvalue weighted by Gasteiger charge is 1.91. The summed E-state index contributed by atoms with van der Waals surface area (Å²) in [7, 11) is 5.22. The minimum absolute atomic E-state index is 0.391. The number of aromatic amines is 1. The lowest BCUT2D eigenvalue weighted by molar-refractivity contribution is 0.947. The van der Waals surface area contributed by atoms with Gasteiger partial charge < -0.3 is 0 Å². The second kappa shape index (κ2) is 1.98. The van der Waals surface area contributed by atoms with Gasteiger partial charge in [-0.1, -0.05) is 6.92 Å². The van der Waals surface area contributed by atoms with Crippen LogP contribution < -0.4 is 5.72 Å². The van der Waals surface area contributed by atoms with Gasteiger partial charge >= 0.3 is 0 Å². The first-order valence-electron chi connectivity index (χ1n) is 2.49. The molecule has 40 valence electrons. The Hall–Kier alpha value is -0.795. The molecule has 1 heterocycles. The Bertz CT molecular complexity index is 172. The Kier molecular flexibility index (Phi) is 1.33. The molecule has 3 nitrogen and oxygen atoms in total. The normalized spacial score (nSPS) is 9.62.